The third-order valence-corrected chi connectivity index (χ3v) is 1.87. The zero-order valence-corrected chi connectivity index (χ0v) is 6.24. The molecule has 64 valence electrons. The fraction of sp³-hybridized carbons (Fsp3) is 0.833. The number of rotatable bonds is 2. The van der Waals surface area contributed by atoms with Gasteiger partial charge in [-0.05, 0) is 0 Å². The molecule has 1 heterocycles. The molecule has 1 saturated heterocycles. The van der Waals surface area contributed by atoms with Crippen LogP contribution in [0.1, 0.15) is 0 Å². The first-order chi connectivity index (χ1) is 5.20. The third kappa shape index (κ3) is 1.35. The van der Waals surface area contributed by atoms with Gasteiger partial charge in [0.15, 0.2) is 0 Å². The number of aliphatic hydroxyl groups is 2. The molecule has 0 radical (unpaired) electrons. The highest BCUT2D eigenvalue weighted by Crippen LogP contribution is 2.11. The standard InChI is InChI=1S/C6H12N2O3/c1-7-6(11)4-5(10)3(2-9)8-4/h3-5,8-10H,2H2,1H3,(H,7,11)/t3-,4-,5-/m0/s1. The van der Waals surface area contributed by atoms with E-state index in [4.69, 9.17) is 5.11 Å². The summed E-state index contributed by atoms with van der Waals surface area (Å²) in [5.41, 5.74) is 0. The number of carbonyl (C=O) groups is 1. The van der Waals surface area contributed by atoms with Crippen LogP contribution in [-0.2, 0) is 4.79 Å². The molecule has 1 aliphatic rings. The smallest absolute Gasteiger partial charge is 0.239 e. The lowest BCUT2D eigenvalue weighted by atomic mass is 9.93. The Labute approximate surface area is 64.4 Å². The second-order valence-electron chi connectivity index (χ2n) is 2.54. The summed E-state index contributed by atoms with van der Waals surface area (Å²) in [4.78, 5) is 10.9. The van der Waals surface area contributed by atoms with Crippen LogP contribution in [0.3, 0.4) is 0 Å². The summed E-state index contributed by atoms with van der Waals surface area (Å²) < 4.78 is 0. The lowest BCUT2D eigenvalue weighted by molar-refractivity contribution is -0.132. The van der Waals surface area contributed by atoms with Gasteiger partial charge in [-0.15, -0.1) is 0 Å². The molecule has 0 saturated carbocycles. The fourth-order valence-corrected chi connectivity index (χ4v) is 1.09. The molecular formula is C6H12N2O3. The molecule has 0 aromatic rings. The molecular weight excluding hydrogens is 148 g/mol. The highest BCUT2D eigenvalue weighted by Gasteiger charge is 2.42. The van der Waals surface area contributed by atoms with Crippen LogP contribution < -0.4 is 10.6 Å². The maximum Gasteiger partial charge on any atom is 0.239 e. The summed E-state index contributed by atoms with van der Waals surface area (Å²) in [5.74, 6) is -0.248. The highest BCUT2D eigenvalue weighted by atomic mass is 16.3. The Morgan fingerprint density at radius 3 is 2.73 bits per heavy atom. The molecule has 5 heteroatoms. The number of hydrogen-bond donors (Lipinski definition) is 4. The maximum atomic E-state index is 10.9. The molecule has 1 fully saturated rings. The fourth-order valence-electron chi connectivity index (χ4n) is 1.09. The van der Waals surface area contributed by atoms with Crippen molar-refractivity contribution in [2.45, 2.75) is 18.2 Å². The number of amides is 1. The Morgan fingerprint density at radius 1 is 1.73 bits per heavy atom. The van der Waals surface area contributed by atoms with Gasteiger partial charge in [0.2, 0.25) is 5.91 Å². The Hall–Kier alpha value is -0.650. The Balaban J connectivity index is 2.38. The van der Waals surface area contributed by atoms with Gasteiger partial charge < -0.3 is 15.5 Å². The predicted octanol–water partition coefficient (Wildman–Crippen LogP) is -2.57. The van der Waals surface area contributed by atoms with Crippen LogP contribution >= 0.6 is 0 Å². The number of carbonyl (C=O) groups excluding carboxylic acids is 1. The number of likely N-dealkylation sites (N-methyl/N-ethyl adjacent to an activating group) is 1. The van der Waals surface area contributed by atoms with Gasteiger partial charge in [0, 0.05) is 7.05 Å². The van der Waals surface area contributed by atoms with Gasteiger partial charge in [0.05, 0.1) is 18.8 Å². The largest absolute Gasteiger partial charge is 0.395 e. The monoisotopic (exact) mass is 160 g/mol. The number of hydrogen-bond acceptors (Lipinski definition) is 4. The normalized spacial score (nSPS) is 36.1. The van der Waals surface area contributed by atoms with Crippen molar-refractivity contribution in [3.63, 3.8) is 0 Å². The molecule has 0 spiro atoms. The van der Waals surface area contributed by atoms with E-state index in [1.165, 1.54) is 7.05 Å². The Morgan fingerprint density at radius 2 is 2.36 bits per heavy atom. The van der Waals surface area contributed by atoms with Crippen LogP contribution in [0.5, 0.6) is 0 Å². The van der Waals surface area contributed by atoms with Crippen molar-refractivity contribution in [1.82, 2.24) is 10.6 Å². The van der Waals surface area contributed by atoms with Crippen molar-refractivity contribution in [3.8, 4) is 0 Å². The second-order valence-corrected chi connectivity index (χ2v) is 2.54. The van der Waals surface area contributed by atoms with Crippen molar-refractivity contribution < 1.29 is 15.0 Å². The van der Waals surface area contributed by atoms with E-state index >= 15 is 0 Å². The molecule has 5 nitrogen and oxygen atoms in total. The van der Waals surface area contributed by atoms with Crippen molar-refractivity contribution >= 4 is 5.91 Å². The summed E-state index contributed by atoms with van der Waals surface area (Å²) in [7, 11) is 1.50. The topological polar surface area (TPSA) is 81.6 Å². The summed E-state index contributed by atoms with van der Waals surface area (Å²) in [5, 5.41) is 22.9. The number of nitrogens with one attached hydrogen (secondary N) is 2. The van der Waals surface area contributed by atoms with Gasteiger partial charge in [-0.3, -0.25) is 10.1 Å². The van der Waals surface area contributed by atoms with E-state index in [-0.39, 0.29) is 18.6 Å². The zero-order chi connectivity index (χ0) is 8.43. The van der Waals surface area contributed by atoms with Crippen molar-refractivity contribution in [3.05, 3.63) is 0 Å². The van der Waals surface area contributed by atoms with E-state index in [0.717, 1.165) is 0 Å². The molecule has 1 rings (SSSR count). The summed E-state index contributed by atoms with van der Waals surface area (Å²) in [6, 6.07) is -0.908. The van der Waals surface area contributed by atoms with Gasteiger partial charge in [0.25, 0.3) is 0 Å². The zero-order valence-electron chi connectivity index (χ0n) is 6.24. The van der Waals surface area contributed by atoms with Gasteiger partial charge >= 0.3 is 0 Å². The van der Waals surface area contributed by atoms with E-state index < -0.39 is 12.1 Å². The minimum atomic E-state index is -0.764. The van der Waals surface area contributed by atoms with Crippen LogP contribution in [0.15, 0.2) is 0 Å². The Bertz CT molecular complexity index is 162. The first-order valence-corrected chi connectivity index (χ1v) is 3.47. The van der Waals surface area contributed by atoms with E-state index in [1.54, 1.807) is 0 Å². The van der Waals surface area contributed by atoms with Crippen LogP contribution in [0.2, 0.25) is 0 Å². The van der Waals surface area contributed by atoms with E-state index in [9.17, 15) is 9.90 Å². The summed E-state index contributed by atoms with van der Waals surface area (Å²) >= 11 is 0. The molecule has 11 heavy (non-hydrogen) atoms. The number of aliphatic hydroxyl groups excluding tert-OH is 2. The van der Waals surface area contributed by atoms with E-state index in [0.29, 0.717) is 0 Å². The average molecular weight is 160 g/mol. The molecule has 0 aromatic heterocycles. The van der Waals surface area contributed by atoms with Crippen molar-refractivity contribution in [2.24, 2.45) is 0 Å². The van der Waals surface area contributed by atoms with Gasteiger partial charge in [-0.2, -0.15) is 0 Å². The molecule has 0 aliphatic carbocycles. The van der Waals surface area contributed by atoms with Gasteiger partial charge in [0.1, 0.15) is 6.04 Å². The quantitative estimate of drug-likeness (QED) is 0.358. The molecule has 0 unspecified atom stereocenters. The van der Waals surface area contributed by atoms with Crippen molar-refractivity contribution in [2.75, 3.05) is 13.7 Å². The molecule has 1 aliphatic heterocycles. The average Bonchev–Trinajstić information content (AvgIpc) is 2.02. The summed E-state index contributed by atoms with van der Waals surface area (Å²) in [6.45, 7) is -0.144. The molecule has 1 amide bonds. The van der Waals surface area contributed by atoms with Crippen molar-refractivity contribution in [1.29, 1.82) is 0 Å². The van der Waals surface area contributed by atoms with Crippen LogP contribution in [-0.4, -0.2) is 48.0 Å². The Kier molecular flexibility index (Phi) is 2.43. The maximum absolute atomic E-state index is 10.9. The van der Waals surface area contributed by atoms with Crippen LogP contribution in [0, 0.1) is 0 Å². The molecule has 4 N–H and O–H groups in total. The molecule has 0 aromatic carbocycles. The third-order valence-electron chi connectivity index (χ3n) is 1.87. The second kappa shape index (κ2) is 3.17. The van der Waals surface area contributed by atoms with Crippen LogP contribution in [0.25, 0.3) is 0 Å². The van der Waals surface area contributed by atoms with E-state index in [2.05, 4.69) is 10.6 Å². The van der Waals surface area contributed by atoms with Crippen LogP contribution in [0.4, 0.5) is 0 Å². The highest BCUT2D eigenvalue weighted by molar-refractivity contribution is 5.83. The van der Waals surface area contributed by atoms with Gasteiger partial charge in [-0.25, -0.2) is 0 Å². The van der Waals surface area contributed by atoms with E-state index in [1.807, 2.05) is 0 Å². The minimum absolute atomic E-state index is 0.144. The summed E-state index contributed by atoms with van der Waals surface area (Å²) in [6.07, 6.45) is -0.764. The first kappa shape index (κ1) is 8.45. The van der Waals surface area contributed by atoms with Gasteiger partial charge in [-0.1, -0.05) is 0 Å². The molecule has 0 bridgehead atoms. The lowest BCUT2D eigenvalue weighted by Crippen LogP contribution is -2.71. The first-order valence-electron chi connectivity index (χ1n) is 3.47. The molecule has 3 atom stereocenters. The SMILES string of the molecule is CNC(=O)[C@H]1N[C@@H](CO)[C@@H]1O. The minimum Gasteiger partial charge on any atom is -0.395 e. The lowest BCUT2D eigenvalue weighted by Gasteiger charge is -2.40. The predicted molar refractivity (Wildman–Crippen MR) is 37.9 cm³/mol.